The van der Waals surface area contributed by atoms with E-state index in [1.54, 1.807) is 7.11 Å². The second-order valence-corrected chi connectivity index (χ2v) is 7.93. The van der Waals surface area contributed by atoms with Gasteiger partial charge in [-0.05, 0) is 61.2 Å². The first-order valence-corrected chi connectivity index (χ1v) is 9.95. The molecule has 4 nitrogen and oxygen atoms in total. The van der Waals surface area contributed by atoms with Gasteiger partial charge in [-0.15, -0.1) is 0 Å². The molecule has 1 saturated heterocycles. The molecule has 0 aromatic heterocycles. The Hall–Kier alpha value is -2.40. The minimum atomic E-state index is -0.734. The molecule has 28 heavy (non-hydrogen) atoms. The zero-order valence-corrected chi connectivity index (χ0v) is 16.1. The first-order valence-electron chi connectivity index (χ1n) is 9.95. The molecule has 1 aliphatic carbocycles. The molecule has 1 saturated carbocycles. The number of carbonyl (C=O) groups excluding carboxylic acids is 1. The van der Waals surface area contributed by atoms with E-state index in [4.69, 9.17) is 4.74 Å². The largest absolute Gasteiger partial charge is 0.497 e. The van der Waals surface area contributed by atoms with Crippen molar-refractivity contribution >= 4 is 5.91 Å². The maximum Gasteiger partial charge on any atom is 0.254 e. The third kappa shape index (κ3) is 3.39. The number of hydrogen-bond acceptors (Lipinski definition) is 3. The van der Waals surface area contributed by atoms with E-state index in [1.165, 1.54) is 24.3 Å². The lowest BCUT2D eigenvalue weighted by molar-refractivity contribution is -0.115. The molecule has 0 unspecified atom stereocenters. The van der Waals surface area contributed by atoms with Crippen LogP contribution in [0.15, 0.2) is 48.5 Å². The highest BCUT2D eigenvalue weighted by Crippen LogP contribution is 2.49. The summed E-state index contributed by atoms with van der Waals surface area (Å²) in [6, 6.07) is 13.2. The maximum absolute atomic E-state index is 13.3. The van der Waals surface area contributed by atoms with Gasteiger partial charge in [0.2, 0.25) is 0 Å². The van der Waals surface area contributed by atoms with Crippen LogP contribution in [0.25, 0.3) is 0 Å². The van der Waals surface area contributed by atoms with Crippen LogP contribution < -0.4 is 4.74 Å². The lowest BCUT2D eigenvalue weighted by Crippen LogP contribution is -2.56. The lowest BCUT2D eigenvalue weighted by atomic mass is 9.66. The monoisotopic (exact) mass is 383 g/mol. The number of benzene rings is 2. The number of fused-ring (bicyclic) bond motifs is 1. The number of methoxy groups -OCH3 is 1. The molecular weight excluding hydrogens is 357 g/mol. The Morgan fingerprint density at radius 1 is 1.11 bits per heavy atom. The molecule has 0 bridgehead atoms. The number of rotatable bonds is 3. The standard InChI is InChI=1S/C23H26FNO3/c1-28-19-11-7-16(8-12-19)21-20-4-2-3-13-23(20,27)14-15-25(21)22(26)17-5-9-18(24)10-6-17/h5-12,20-21,27H,2-4,13-15H2,1H3/t20-,21+,23+/m0/s1. The fraction of sp³-hybridized carbons (Fsp3) is 0.435. The third-order valence-electron chi connectivity index (χ3n) is 6.38. The summed E-state index contributed by atoms with van der Waals surface area (Å²) in [5.41, 5.74) is 0.741. The highest BCUT2D eigenvalue weighted by molar-refractivity contribution is 5.94. The zero-order valence-electron chi connectivity index (χ0n) is 16.1. The lowest BCUT2D eigenvalue weighted by Gasteiger charge is -2.52. The van der Waals surface area contributed by atoms with Gasteiger partial charge in [-0.1, -0.05) is 25.0 Å². The Balaban J connectivity index is 1.72. The van der Waals surface area contributed by atoms with Gasteiger partial charge < -0.3 is 14.7 Å². The van der Waals surface area contributed by atoms with Crippen molar-refractivity contribution in [3.05, 3.63) is 65.5 Å². The first kappa shape index (κ1) is 18.9. The number of ether oxygens (including phenoxy) is 1. The van der Waals surface area contributed by atoms with Crippen LogP contribution in [-0.2, 0) is 0 Å². The number of aliphatic hydroxyl groups is 1. The van der Waals surface area contributed by atoms with Crippen LogP contribution in [0.4, 0.5) is 4.39 Å². The van der Waals surface area contributed by atoms with Gasteiger partial charge in [-0.3, -0.25) is 4.79 Å². The Kier molecular flexibility index (Phi) is 5.11. The van der Waals surface area contributed by atoms with E-state index in [1.807, 2.05) is 29.2 Å². The smallest absolute Gasteiger partial charge is 0.254 e. The zero-order chi connectivity index (χ0) is 19.7. The molecule has 4 rings (SSSR count). The Morgan fingerprint density at radius 2 is 1.82 bits per heavy atom. The second-order valence-electron chi connectivity index (χ2n) is 7.93. The fourth-order valence-electron chi connectivity index (χ4n) is 4.88. The van der Waals surface area contributed by atoms with Crippen molar-refractivity contribution < 1.29 is 19.0 Å². The van der Waals surface area contributed by atoms with Gasteiger partial charge in [-0.2, -0.15) is 0 Å². The molecule has 2 aromatic rings. The molecule has 2 fully saturated rings. The van der Waals surface area contributed by atoms with Crippen LogP contribution in [-0.4, -0.2) is 35.2 Å². The topological polar surface area (TPSA) is 49.8 Å². The maximum atomic E-state index is 13.3. The van der Waals surface area contributed by atoms with E-state index in [2.05, 4.69) is 0 Å². The molecule has 1 aliphatic heterocycles. The summed E-state index contributed by atoms with van der Waals surface area (Å²) in [5.74, 6) is 0.277. The number of nitrogens with zero attached hydrogens (tertiary/aromatic N) is 1. The summed E-state index contributed by atoms with van der Waals surface area (Å²) in [7, 11) is 1.62. The van der Waals surface area contributed by atoms with Gasteiger partial charge in [-0.25, -0.2) is 4.39 Å². The molecule has 1 N–H and O–H groups in total. The number of halogens is 1. The number of likely N-dealkylation sites (tertiary alicyclic amines) is 1. The van der Waals surface area contributed by atoms with E-state index in [0.717, 1.165) is 37.0 Å². The molecule has 2 aliphatic rings. The minimum Gasteiger partial charge on any atom is -0.497 e. The van der Waals surface area contributed by atoms with Crippen LogP contribution in [0, 0.1) is 11.7 Å². The molecule has 3 atom stereocenters. The number of hydrogen-bond donors (Lipinski definition) is 1. The average Bonchev–Trinajstić information content (AvgIpc) is 2.73. The van der Waals surface area contributed by atoms with Crippen molar-refractivity contribution in [3.8, 4) is 5.75 Å². The van der Waals surface area contributed by atoms with Crippen molar-refractivity contribution in [2.24, 2.45) is 5.92 Å². The predicted octanol–water partition coefficient (Wildman–Crippen LogP) is 4.34. The Morgan fingerprint density at radius 3 is 2.50 bits per heavy atom. The highest BCUT2D eigenvalue weighted by atomic mass is 19.1. The predicted molar refractivity (Wildman–Crippen MR) is 105 cm³/mol. The SMILES string of the molecule is COc1ccc([C@@H]2[C@@H]3CCCC[C@@]3(O)CCN2C(=O)c2ccc(F)cc2)cc1. The van der Waals surface area contributed by atoms with Gasteiger partial charge >= 0.3 is 0 Å². The summed E-state index contributed by atoms with van der Waals surface area (Å²) in [5, 5.41) is 11.3. The van der Waals surface area contributed by atoms with Crippen molar-refractivity contribution in [1.29, 1.82) is 0 Å². The average molecular weight is 383 g/mol. The van der Waals surface area contributed by atoms with Gasteiger partial charge in [0.05, 0.1) is 18.8 Å². The first-order chi connectivity index (χ1) is 13.5. The molecule has 148 valence electrons. The summed E-state index contributed by atoms with van der Waals surface area (Å²) in [6.45, 7) is 0.486. The molecular formula is C23H26FNO3. The van der Waals surface area contributed by atoms with E-state index < -0.39 is 5.60 Å². The second kappa shape index (κ2) is 7.55. The van der Waals surface area contributed by atoms with Crippen LogP contribution in [0.3, 0.4) is 0 Å². The van der Waals surface area contributed by atoms with Crippen molar-refractivity contribution in [3.63, 3.8) is 0 Å². The van der Waals surface area contributed by atoms with Gasteiger partial charge in [0.25, 0.3) is 5.91 Å². The molecule has 0 spiro atoms. The molecule has 2 aromatic carbocycles. The van der Waals surface area contributed by atoms with Crippen LogP contribution in [0.2, 0.25) is 0 Å². The van der Waals surface area contributed by atoms with E-state index in [9.17, 15) is 14.3 Å². The highest BCUT2D eigenvalue weighted by Gasteiger charge is 2.50. The normalized spacial score (nSPS) is 27.2. The van der Waals surface area contributed by atoms with Gasteiger partial charge in [0.15, 0.2) is 0 Å². The third-order valence-corrected chi connectivity index (χ3v) is 6.38. The van der Waals surface area contributed by atoms with Gasteiger partial charge in [0.1, 0.15) is 11.6 Å². The van der Waals surface area contributed by atoms with Crippen LogP contribution >= 0.6 is 0 Å². The van der Waals surface area contributed by atoms with Crippen molar-refractivity contribution in [2.45, 2.75) is 43.7 Å². The number of amides is 1. The molecule has 1 heterocycles. The minimum absolute atomic E-state index is 0.00667. The fourth-order valence-corrected chi connectivity index (χ4v) is 4.88. The van der Waals surface area contributed by atoms with Crippen LogP contribution in [0.5, 0.6) is 5.75 Å². The van der Waals surface area contributed by atoms with Crippen molar-refractivity contribution in [1.82, 2.24) is 4.90 Å². The van der Waals surface area contributed by atoms with E-state index in [-0.39, 0.29) is 23.7 Å². The van der Waals surface area contributed by atoms with Gasteiger partial charge in [0, 0.05) is 18.0 Å². The van der Waals surface area contributed by atoms with E-state index >= 15 is 0 Å². The number of carbonyl (C=O) groups is 1. The van der Waals surface area contributed by atoms with E-state index in [0.29, 0.717) is 18.5 Å². The molecule has 1 amide bonds. The summed E-state index contributed by atoms with van der Waals surface area (Å²) >= 11 is 0. The van der Waals surface area contributed by atoms with Crippen molar-refractivity contribution in [2.75, 3.05) is 13.7 Å². The molecule has 5 heteroatoms. The Labute approximate surface area is 164 Å². The quantitative estimate of drug-likeness (QED) is 0.858. The summed E-state index contributed by atoms with van der Waals surface area (Å²) in [6.07, 6.45) is 4.33. The Bertz CT molecular complexity index is 836. The number of piperidine rings is 1. The molecule has 0 radical (unpaired) electrons. The summed E-state index contributed by atoms with van der Waals surface area (Å²) in [4.78, 5) is 15.2. The summed E-state index contributed by atoms with van der Waals surface area (Å²) < 4.78 is 18.6. The van der Waals surface area contributed by atoms with Crippen LogP contribution in [0.1, 0.15) is 54.1 Å².